The number of carbonyl (C=O) groups excluding carboxylic acids is 1. The summed E-state index contributed by atoms with van der Waals surface area (Å²) >= 11 is 0. The third-order valence-corrected chi connectivity index (χ3v) is 3.33. The second-order valence-corrected chi connectivity index (χ2v) is 4.72. The molecule has 6 heteroatoms. The summed E-state index contributed by atoms with van der Waals surface area (Å²) in [6.07, 6.45) is 0. The summed E-state index contributed by atoms with van der Waals surface area (Å²) in [5, 5.41) is 11.3. The number of hydrogen-bond acceptors (Lipinski definition) is 3. The molecule has 1 saturated heterocycles. The van der Waals surface area contributed by atoms with Crippen LogP contribution in [0.2, 0.25) is 0 Å². The van der Waals surface area contributed by atoms with Crippen LogP contribution in [0.3, 0.4) is 0 Å². The zero-order chi connectivity index (χ0) is 12.5. The summed E-state index contributed by atoms with van der Waals surface area (Å²) in [6, 6.07) is 8.06. The molecule has 19 heavy (non-hydrogen) atoms. The van der Waals surface area contributed by atoms with Crippen LogP contribution < -0.4 is 5.32 Å². The van der Waals surface area contributed by atoms with Gasteiger partial charge in [0.05, 0.1) is 5.52 Å². The standard InChI is InChI=1S/C13H16N4O.ClH/c1-9-8-17(7-6-14-9)13(18)12-10-4-2-3-5-11(10)15-16-12;/h2-5,9,14H,6-8H2,1H3,(H,15,16);1H/t9-;/m1./s1. The highest BCUT2D eigenvalue weighted by Crippen LogP contribution is 2.17. The maximum Gasteiger partial charge on any atom is 0.275 e. The lowest BCUT2D eigenvalue weighted by molar-refractivity contribution is 0.0705. The van der Waals surface area contributed by atoms with Crippen LogP contribution in [0.25, 0.3) is 10.9 Å². The average Bonchev–Trinajstić information content (AvgIpc) is 2.82. The first-order chi connectivity index (χ1) is 8.75. The second kappa shape index (κ2) is 5.59. The van der Waals surface area contributed by atoms with Gasteiger partial charge in [-0.1, -0.05) is 18.2 Å². The van der Waals surface area contributed by atoms with E-state index in [-0.39, 0.29) is 18.3 Å². The van der Waals surface area contributed by atoms with Crippen molar-refractivity contribution < 1.29 is 4.79 Å². The predicted molar refractivity (Wildman–Crippen MR) is 76.7 cm³/mol. The first kappa shape index (κ1) is 13.8. The molecule has 1 amide bonds. The number of para-hydroxylation sites is 1. The Hall–Kier alpha value is -1.59. The van der Waals surface area contributed by atoms with Crippen molar-refractivity contribution in [2.75, 3.05) is 19.6 Å². The number of aromatic nitrogens is 2. The Morgan fingerprint density at radius 1 is 1.42 bits per heavy atom. The van der Waals surface area contributed by atoms with Crippen molar-refractivity contribution in [2.24, 2.45) is 0 Å². The smallest absolute Gasteiger partial charge is 0.275 e. The number of carbonyl (C=O) groups is 1. The lowest BCUT2D eigenvalue weighted by Gasteiger charge is -2.31. The zero-order valence-electron chi connectivity index (χ0n) is 10.7. The summed E-state index contributed by atoms with van der Waals surface area (Å²) in [7, 11) is 0. The van der Waals surface area contributed by atoms with Gasteiger partial charge in [0.25, 0.3) is 5.91 Å². The van der Waals surface area contributed by atoms with E-state index in [0.29, 0.717) is 11.7 Å². The van der Waals surface area contributed by atoms with Gasteiger partial charge in [0.2, 0.25) is 0 Å². The highest BCUT2D eigenvalue weighted by Gasteiger charge is 2.24. The van der Waals surface area contributed by atoms with E-state index in [1.807, 2.05) is 29.2 Å². The van der Waals surface area contributed by atoms with E-state index >= 15 is 0 Å². The minimum absolute atomic E-state index is 0. The van der Waals surface area contributed by atoms with Crippen molar-refractivity contribution in [3.63, 3.8) is 0 Å². The molecule has 0 saturated carbocycles. The Bertz CT molecular complexity index is 583. The van der Waals surface area contributed by atoms with Crippen molar-refractivity contribution in [3.8, 4) is 0 Å². The van der Waals surface area contributed by atoms with E-state index in [9.17, 15) is 4.79 Å². The van der Waals surface area contributed by atoms with E-state index in [0.717, 1.165) is 30.5 Å². The van der Waals surface area contributed by atoms with E-state index in [2.05, 4.69) is 22.4 Å². The number of hydrogen-bond donors (Lipinski definition) is 2. The normalized spacial score (nSPS) is 19.2. The molecule has 0 radical (unpaired) electrons. The number of halogens is 1. The molecule has 2 heterocycles. The molecule has 1 aromatic carbocycles. The third-order valence-electron chi connectivity index (χ3n) is 3.33. The van der Waals surface area contributed by atoms with Crippen molar-refractivity contribution in [1.29, 1.82) is 0 Å². The molecular formula is C13H17ClN4O. The number of piperazine rings is 1. The molecule has 2 aromatic rings. The van der Waals surface area contributed by atoms with Crippen LogP contribution in [-0.2, 0) is 0 Å². The lowest BCUT2D eigenvalue weighted by atomic mass is 10.1. The topological polar surface area (TPSA) is 61.0 Å². The van der Waals surface area contributed by atoms with Gasteiger partial charge in [-0.3, -0.25) is 9.89 Å². The molecule has 5 nitrogen and oxygen atoms in total. The monoisotopic (exact) mass is 280 g/mol. The molecule has 0 bridgehead atoms. The molecule has 3 rings (SSSR count). The fourth-order valence-corrected chi connectivity index (χ4v) is 2.39. The molecule has 1 fully saturated rings. The van der Waals surface area contributed by atoms with Gasteiger partial charge in [0.1, 0.15) is 0 Å². The maximum atomic E-state index is 12.4. The summed E-state index contributed by atoms with van der Waals surface area (Å²) in [5.74, 6) is 0.0146. The Labute approximate surface area is 117 Å². The molecule has 1 atom stereocenters. The molecule has 1 aromatic heterocycles. The number of nitrogens with zero attached hydrogens (tertiary/aromatic N) is 2. The molecule has 2 N–H and O–H groups in total. The van der Waals surface area contributed by atoms with Gasteiger partial charge in [-0.05, 0) is 13.0 Å². The number of fused-ring (bicyclic) bond motifs is 1. The van der Waals surface area contributed by atoms with Gasteiger partial charge in [0, 0.05) is 31.1 Å². The number of amides is 1. The summed E-state index contributed by atoms with van der Waals surface area (Å²) < 4.78 is 0. The fraction of sp³-hybridized carbons (Fsp3) is 0.385. The first-order valence-corrected chi connectivity index (χ1v) is 6.21. The van der Waals surface area contributed by atoms with Crippen LogP contribution in [-0.4, -0.2) is 46.7 Å². The number of benzene rings is 1. The SMILES string of the molecule is C[C@@H]1CN(C(=O)c2n[nH]c3ccccc23)CCN1.Cl. The lowest BCUT2D eigenvalue weighted by Crippen LogP contribution is -2.51. The Morgan fingerprint density at radius 3 is 3.00 bits per heavy atom. The van der Waals surface area contributed by atoms with E-state index < -0.39 is 0 Å². The predicted octanol–water partition coefficient (Wildman–Crippen LogP) is 1.42. The van der Waals surface area contributed by atoms with E-state index in [1.165, 1.54) is 0 Å². The van der Waals surface area contributed by atoms with Gasteiger partial charge in [-0.15, -0.1) is 12.4 Å². The molecule has 102 valence electrons. The molecule has 1 aliphatic heterocycles. The van der Waals surface area contributed by atoms with E-state index in [4.69, 9.17) is 0 Å². The summed E-state index contributed by atoms with van der Waals surface area (Å²) in [4.78, 5) is 14.3. The Balaban J connectivity index is 0.00000133. The van der Waals surface area contributed by atoms with Crippen molar-refractivity contribution in [2.45, 2.75) is 13.0 Å². The Morgan fingerprint density at radius 2 is 2.21 bits per heavy atom. The van der Waals surface area contributed by atoms with Crippen molar-refractivity contribution >= 4 is 29.2 Å². The van der Waals surface area contributed by atoms with E-state index in [1.54, 1.807) is 0 Å². The molecule has 0 aliphatic carbocycles. The maximum absolute atomic E-state index is 12.4. The van der Waals surface area contributed by atoms with Crippen LogP contribution in [0.4, 0.5) is 0 Å². The van der Waals surface area contributed by atoms with Crippen LogP contribution in [0, 0.1) is 0 Å². The summed E-state index contributed by atoms with van der Waals surface area (Å²) in [5.41, 5.74) is 1.43. The van der Waals surface area contributed by atoms with Gasteiger partial charge in [-0.25, -0.2) is 0 Å². The minimum atomic E-state index is 0. The van der Waals surface area contributed by atoms with Crippen LogP contribution in [0.5, 0.6) is 0 Å². The zero-order valence-corrected chi connectivity index (χ0v) is 11.5. The summed E-state index contributed by atoms with van der Waals surface area (Å²) in [6.45, 7) is 4.40. The van der Waals surface area contributed by atoms with Crippen LogP contribution >= 0.6 is 12.4 Å². The van der Waals surface area contributed by atoms with Crippen LogP contribution in [0.1, 0.15) is 17.4 Å². The van der Waals surface area contributed by atoms with Gasteiger partial charge in [-0.2, -0.15) is 5.10 Å². The molecular weight excluding hydrogens is 264 g/mol. The van der Waals surface area contributed by atoms with Crippen molar-refractivity contribution in [3.05, 3.63) is 30.0 Å². The number of aromatic amines is 1. The fourth-order valence-electron chi connectivity index (χ4n) is 2.39. The van der Waals surface area contributed by atoms with Crippen LogP contribution in [0.15, 0.2) is 24.3 Å². The average molecular weight is 281 g/mol. The third kappa shape index (κ3) is 2.57. The quantitative estimate of drug-likeness (QED) is 0.830. The molecule has 0 unspecified atom stereocenters. The largest absolute Gasteiger partial charge is 0.334 e. The highest BCUT2D eigenvalue weighted by molar-refractivity contribution is 6.04. The highest BCUT2D eigenvalue weighted by atomic mass is 35.5. The molecule has 0 spiro atoms. The number of rotatable bonds is 1. The minimum Gasteiger partial charge on any atom is -0.334 e. The first-order valence-electron chi connectivity index (χ1n) is 6.21. The number of nitrogens with one attached hydrogen (secondary N) is 2. The molecule has 1 aliphatic rings. The second-order valence-electron chi connectivity index (χ2n) is 4.72. The Kier molecular flexibility index (Phi) is 4.07. The van der Waals surface area contributed by atoms with Crippen molar-refractivity contribution in [1.82, 2.24) is 20.4 Å². The van der Waals surface area contributed by atoms with Gasteiger partial charge in [0.15, 0.2) is 5.69 Å². The van der Waals surface area contributed by atoms with Gasteiger partial charge >= 0.3 is 0 Å². The van der Waals surface area contributed by atoms with Gasteiger partial charge < -0.3 is 10.2 Å². The number of H-pyrrole nitrogens is 1.